The number of nitrogens with zero attached hydrogens (tertiary/aromatic N) is 1. The molecule has 0 saturated carbocycles. The quantitative estimate of drug-likeness (QED) is 0.831. The molecule has 2 rings (SSSR count). The van der Waals surface area contributed by atoms with E-state index in [-0.39, 0.29) is 6.01 Å². The molecule has 0 fully saturated rings. The largest absolute Gasteiger partial charge is 0.423 e. The van der Waals surface area contributed by atoms with Crippen molar-refractivity contribution in [3.05, 3.63) is 18.2 Å². The van der Waals surface area contributed by atoms with E-state index in [0.29, 0.717) is 16.8 Å². The first-order valence-corrected chi connectivity index (χ1v) is 5.33. The van der Waals surface area contributed by atoms with Crippen LogP contribution in [0.25, 0.3) is 11.1 Å². The number of aromatic nitrogens is 1. The van der Waals surface area contributed by atoms with E-state index in [4.69, 9.17) is 10.2 Å². The second-order valence-electron chi connectivity index (χ2n) is 4.08. The summed E-state index contributed by atoms with van der Waals surface area (Å²) in [4.78, 5) is 4.01. The van der Waals surface area contributed by atoms with Gasteiger partial charge in [-0.05, 0) is 19.1 Å². The van der Waals surface area contributed by atoms with Gasteiger partial charge in [-0.1, -0.05) is 6.07 Å². The van der Waals surface area contributed by atoms with Gasteiger partial charge in [0.25, 0.3) is 6.01 Å². The van der Waals surface area contributed by atoms with Crippen LogP contribution in [0.5, 0.6) is 0 Å². The standard InChI is InChI=1S/C11H12F3N3O/c1-6(5-11(12,13)14)16-10-17-9-7(15)3-2-4-8(9)18-10/h2-4,6H,5,15H2,1H3,(H,16,17). The number of hydrogen-bond donors (Lipinski definition) is 2. The number of halogens is 3. The Morgan fingerprint density at radius 3 is 2.78 bits per heavy atom. The smallest absolute Gasteiger partial charge is 0.391 e. The van der Waals surface area contributed by atoms with Gasteiger partial charge in [-0.15, -0.1) is 0 Å². The molecule has 0 aliphatic rings. The van der Waals surface area contributed by atoms with Crippen molar-refractivity contribution < 1.29 is 17.6 Å². The Bertz CT molecular complexity index is 550. The van der Waals surface area contributed by atoms with E-state index >= 15 is 0 Å². The SMILES string of the molecule is CC(CC(F)(F)F)Nc1nc2c(N)cccc2o1. The minimum absolute atomic E-state index is 0.0413. The van der Waals surface area contributed by atoms with Crippen LogP contribution in [0.3, 0.4) is 0 Å². The maximum atomic E-state index is 12.2. The normalized spacial score (nSPS) is 13.8. The van der Waals surface area contributed by atoms with Crippen molar-refractivity contribution >= 4 is 22.8 Å². The maximum absolute atomic E-state index is 12.2. The zero-order chi connectivity index (χ0) is 13.3. The molecule has 4 nitrogen and oxygen atoms in total. The molecule has 0 radical (unpaired) electrons. The van der Waals surface area contributed by atoms with Gasteiger partial charge >= 0.3 is 6.18 Å². The van der Waals surface area contributed by atoms with Gasteiger partial charge in [0.15, 0.2) is 5.58 Å². The monoisotopic (exact) mass is 259 g/mol. The Kier molecular flexibility index (Phi) is 3.06. The summed E-state index contributed by atoms with van der Waals surface area (Å²) in [5, 5.41) is 2.56. The highest BCUT2D eigenvalue weighted by Crippen LogP contribution is 2.26. The van der Waals surface area contributed by atoms with Crippen LogP contribution in [0.4, 0.5) is 24.9 Å². The fraction of sp³-hybridized carbons (Fsp3) is 0.364. The summed E-state index contributed by atoms with van der Waals surface area (Å²) in [5.41, 5.74) is 6.98. The number of alkyl halides is 3. The topological polar surface area (TPSA) is 64.1 Å². The van der Waals surface area contributed by atoms with E-state index in [2.05, 4.69) is 10.3 Å². The van der Waals surface area contributed by atoms with Gasteiger partial charge in [-0.2, -0.15) is 18.2 Å². The van der Waals surface area contributed by atoms with Crippen LogP contribution in [-0.4, -0.2) is 17.2 Å². The number of para-hydroxylation sites is 1. The molecule has 0 spiro atoms. The van der Waals surface area contributed by atoms with E-state index in [9.17, 15) is 13.2 Å². The Morgan fingerprint density at radius 1 is 1.44 bits per heavy atom. The molecule has 0 aliphatic heterocycles. The molecule has 2 aromatic rings. The fourth-order valence-corrected chi connectivity index (χ4v) is 1.64. The van der Waals surface area contributed by atoms with Crippen molar-refractivity contribution in [3.63, 3.8) is 0 Å². The van der Waals surface area contributed by atoms with E-state index in [0.717, 1.165) is 0 Å². The second-order valence-corrected chi connectivity index (χ2v) is 4.08. The van der Waals surface area contributed by atoms with Gasteiger partial charge in [-0.25, -0.2) is 0 Å². The molecule has 1 atom stereocenters. The van der Waals surface area contributed by atoms with Crippen molar-refractivity contribution in [2.75, 3.05) is 11.1 Å². The Morgan fingerprint density at radius 2 is 2.17 bits per heavy atom. The summed E-state index contributed by atoms with van der Waals surface area (Å²) in [6.07, 6.45) is -5.18. The molecule has 1 heterocycles. The summed E-state index contributed by atoms with van der Waals surface area (Å²) in [6.45, 7) is 1.41. The van der Waals surface area contributed by atoms with Crippen LogP contribution < -0.4 is 11.1 Å². The summed E-state index contributed by atoms with van der Waals surface area (Å²) >= 11 is 0. The van der Waals surface area contributed by atoms with Crippen LogP contribution in [0.2, 0.25) is 0 Å². The molecule has 1 aromatic heterocycles. The van der Waals surface area contributed by atoms with Crippen LogP contribution >= 0.6 is 0 Å². The van der Waals surface area contributed by atoms with E-state index in [1.807, 2.05) is 0 Å². The van der Waals surface area contributed by atoms with Crippen molar-refractivity contribution in [3.8, 4) is 0 Å². The average molecular weight is 259 g/mol. The van der Waals surface area contributed by atoms with E-state index in [1.165, 1.54) is 6.92 Å². The average Bonchev–Trinajstić information content (AvgIpc) is 2.58. The summed E-state index contributed by atoms with van der Waals surface area (Å²) in [6, 6.07) is 4.21. The molecule has 0 bridgehead atoms. The molecular formula is C11H12F3N3O. The number of hydrogen-bond acceptors (Lipinski definition) is 4. The highest BCUT2D eigenvalue weighted by atomic mass is 19.4. The predicted molar refractivity (Wildman–Crippen MR) is 62.2 cm³/mol. The molecule has 7 heteroatoms. The Labute approximate surface area is 101 Å². The fourth-order valence-electron chi connectivity index (χ4n) is 1.64. The molecule has 0 aliphatic carbocycles. The lowest BCUT2D eigenvalue weighted by Gasteiger charge is -2.13. The van der Waals surface area contributed by atoms with Crippen LogP contribution in [0, 0.1) is 0 Å². The summed E-state index contributed by atoms with van der Waals surface area (Å²) in [7, 11) is 0. The van der Waals surface area contributed by atoms with Crippen molar-refractivity contribution in [2.24, 2.45) is 0 Å². The second kappa shape index (κ2) is 4.40. The van der Waals surface area contributed by atoms with Gasteiger partial charge in [0.2, 0.25) is 0 Å². The lowest BCUT2D eigenvalue weighted by Crippen LogP contribution is -2.23. The molecule has 18 heavy (non-hydrogen) atoms. The highest BCUT2D eigenvalue weighted by molar-refractivity contribution is 5.86. The number of fused-ring (bicyclic) bond motifs is 1. The molecule has 1 unspecified atom stereocenters. The number of benzene rings is 1. The zero-order valence-electron chi connectivity index (χ0n) is 9.58. The van der Waals surface area contributed by atoms with Gasteiger partial charge in [0.05, 0.1) is 12.1 Å². The molecule has 0 saturated heterocycles. The number of anilines is 2. The third kappa shape index (κ3) is 2.85. The molecule has 1 aromatic carbocycles. The maximum Gasteiger partial charge on any atom is 0.391 e. The van der Waals surface area contributed by atoms with Crippen molar-refractivity contribution in [1.82, 2.24) is 4.98 Å². The van der Waals surface area contributed by atoms with Crippen LogP contribution in [0.15, 0.2) is 22.6 Å². The summed E-state index contributed by atoms with van der Waals surface area (Å²) in [5.74, 6) is 0. The van der Waals surface area contributed by atoms with Crippen molar-refractivity contribution in [2.45, 2.75) is 25.6 Å². The third-order valence-corrected chi connectivity index (χ3v) is 2.36. The summed E-state index contributed by atoms with van der Waals surface area (Å²) < 4.78 is 41.8. The minimum atomic E-state index is -4.22. The number of nitrogen functional groups attached to an aromatic ring is 1. The number of rotatable bonds is 3. The highest BCUT2D eigenvalue weighted by Gasteiger charge is 2.30. The number of nitrogens with two attached hydrogens (primary N) is 1. The van der Waals surface area contributed by atoms with E-state index < -0.39 is 18.6 Å². The van der Waals surface area contributed by atoms with Gasteiger partial charge in [-0.3, -0.25) is 0 Å². The van der Waals surface area contributed by atoms with E-state index in [1.54, 1.807) is 18.2 Å². The van der Waals surface area contributed by atoms with Gasteiger partial charge in [0.1, 0.15) is 5.52 Å². The van der Waals surface area contributed by atoms with Crippen LogP contribution in [0.1, 0.15) is 13.3 Å². The Balaban J connectivity index is 2.15. The number of oxazole rings is 1. The number of nitrogens with one attached hydrogen (secondary N) is 1. The molecule has 0 amide bonds. The van der Waals surface area contributed by atoms with Gasteiger partial charge < -0.3 is 15.5 Å². The zero-order valence-corrected chi connectivity index (χ0v) is 9.58. The first kappa shape index (κ1) is 12.5. The first-order chi connectivity index (χ1) is 8.35. The molecule has 98 valence electrons. The lowest BCUT2D eigenvalue weighted by atomic mass is 10.2. The Hall–Kier alpha value is -1.92. The van der Waals surface area contributed by atoms with Crippen molar-refractivity contribution in [1.29, 1.82) is 0 Å². The first-order valence-electron chi connectivity index (χ1n) is 5.33. The minimum Gasteiger partial charge on any atom is -0.423 e. The van der Waals surface area contributed by atoms with Crippen LogP contribution in [-0.2, 0) is 0 Å². The van der Waals surface area contributed by atoms with Gasteiger partial charge in [0, 0.05) is 6.04 Å². The predicted octanol–water partition coefficient (Wildman–Crippen LogP) is 3.16. The molecule has 3 N–H and O–H groups in total. The third-order valence-electron chi connectivity index (χ3n) is 2.36. The molecular weight excluding hydrogens is 247 g/mol. The lowest BCUT2D eigenvalue weighted by molar-refractivity contribution is -0.136.